The van der Waals surface area contributed by atoms with E-state index in [1.165, 1.54) is 45.3 Å². The molecule has 0 bridgehead atoms. The van der Waals surface area contributed by atoms with Crippen molar-refractivity contribution in [3.8, 4) is 0 Å². The van der Waals surface area contributed by atoms with Gasteiger partial charge in [-0.1, -0.05) is 18.6 Å². The van der Waals surface area contributed by atoms with Crippen LogP contribution in [-0.2, 0) is 0 Å². The fourth-order valence-electron chi connectivity index (χ4n) is 1.61. The molecule has 1 fully saturated rings. The largest absolute Gasteiger partial charge is 0.303 e. The maximum atomic E-state index is 2.57. The van der Waals surface area contributed by atoms with Gasteiger partial charge in [-0.25, -0.2) is 0 Å². The molecule has 64 valence electrons. The van der Waals surface area contributed by atoms with Crippen molar-refractivity contribution in [2.45, 2.75) is 32.6 Å². The van der Waals surface area contributed by atoms with Crippen LogP contribution in [0.1, 0.15) is 32.6 Å². The summed E-state index contributed by atoms with van der Waals surface area (Å²) in [5.41, 5.74) is 0. The fourth-order valence-corrected chi connectivity index (χ4v) is 1.61. The predicted molar refractivity (Wildman–Crippen MR) is 49.7 cm³/mol. The number of rotatable bonds is 3. The number of piperidine rings is 1. The van der Waals surface area contributed by atoms with E-state index < -0.39 is 0 Å². The molecule has 0 radical (unpaired) electrons. The van der Waals surface area contributed by atoms with Gasteiger partial charge in [0.25, 0.3) is 0 Å². The lowest BCUT2D eigenvalue weighted by atomic mass is 10.1. The van der Waals surface area contributed by atoms with Crippen LogP contribution in [0.4, 0.5) is 0 Å². The van der Waals surface area contributed by atoms with Crippen molar-refractivity contribution in [3.63, 3.8) is 0 Å². The molecule has 0 spiro atoms. The third-order valence-electron chi connectivity index (χ3n) is 2.30. The molecule has 0 unspecified atom stereocenters. The highest BCUT2D eigenvalue weighted by Gasteiger charge is 2.07. The molecular formula is C10H19N. The van der Waals surface area contributed by atoms with Crippen LogP contribution in [0.2, 0.25) is 0 Å². The van der Waals surface area contributed by atoms with Crippen LogP contribution in [0.5, 0.6) is 0 Å². The standard InChI is InChI=1S/C10H19N/c1-2-3-5-8-11-9-6-4-7-10-11/h2-3H,4-10H2,1H3/b3-2+. The highest BCUT2D eigenvalue weighted by molar-refractivity contribution is 4.78. The Morgan fingerprint density at radius 2 is 1.91 bits per heavy atom. The summed E-state index contributed by atoms with van der Waals surface area (Å²) in [5.74, 6) is 0. The summed E-state index contributed by atoms with van der Waals surface area (Å²) in [4.78, 5) is 2.57. The van der Waals surface area contributed by atoms with E-state index in [9.17, 15) is 0 Å². The van der Waals surface area contributed by atoms with Crippen LogP contribution in [0.15, 0.2) is 12.2 Å². The summed E-state index contributed by atoms with van der Waals surface area (Å²) < 4.78 is 0. The van der Waals surface area contributed by atoms with Crippen molar-refractivity contribution in [1.29, 1.82) is 0 Å². The lowest BCUT2D eigenvalue weighted by Gasteiger charge is -2.25. The molecule has 1 heterocycles. The minimum Gasteiger partial charge on any atom is -0.303 e. The molecule has 0 aromatic heterocycles. The molecule has 1 saturated heterocycles. The van der Waals surface area contributed by atoms with Crippen LogP contribution in [-0.4, -0.2) is 24.5 Å². The lowest BCUT2D eigenvalue weighted by molar-refractivity contribution is 0.233. The Kier molecular flexibility index (Phi) is 4.29. The van der Waals surface area contributed by atoms with Crippen LogP contribution in [0.25, 0.3) is 0 Å². The van der Waals surface area contributed by atoms with Crippen molar-refractivity contribution in [2.24, 2.45) is 0 Å². The number of nitrogens with zero attached hydrogens (tertiary/aromatic N) is 1. The van der Waals surface area contributed by atoms with Gasteiger partial charge in [-0.05, 0) is 39.3 Å². The Hall–Kier alpha value is -0.300. The monoisotopic (exact) mass is 153 g/mol. The van der Waals surface area contributed by atoms with Gasteiger partial charge in [0.05, 0.1) is 0 Å². The van der Waals surface area contributed by atoms with E-state index in [2.05, 4.69) is 24.0 Å². The number of hydrogen-bond acceptors (Lipinski definition) is 1. The SMILES string of the molecule is C/C=C/CCN1CCCCC1. The van der Waals surface area contributed by atoms with Gasteiger partial charge in [-0.3, -0.25) is 0 Å². The number of hydrogen-bond donors (Lipinski definition) is 0. The van der Waals surface area contributed by atoms with Crippen molar-refractivity contribution < 1.29 is 0 Å². The molecule has 1 aliphatic rings. The quantitative estimate of drug-likeness (QED) is 0.563. The molecular weight excluding hydrogens is 134 g/mol. The van der Waals surface area contributed by atoms with E-state index in [1.807, 2.05) is 0 Å². The van der Waals surface area contributed by atoms with Crippen LogP contribution >= 0.6 is 0 Å². The second-order valence-electron chi connectivity index (χ2n) is 3.26. The minimum absolute atomic E-state index is 1.23. The molecule has 0 atom stereocenters. The Morgan fingerprint density at radius 3 is 2.55 bits per heavy atom. The van der Waals surface area contributed by atoms with Crippen LogP contribution in [0.3, 0.4) is 0 Å². The van der Waals surface area contributed by atoms with E-state index in [0.717, 1.165) is 0 Å². The summed E-state index contributed by atoms with van der Waals surface area (Å²) in [6.45, 7) is 6.02. The molecule has 1 aliphatic heterocycles. The average Bonchev–Trinajstić information content (AvgIpc) is 2.07. The van der Waals surface area contributed by atoms with Crippen molar-refractivity contribution >= 4 is 0 Å². The molecule has 0 aliphatic carbocycles. The van der Waals surface area contributed by atoms with Crippen molar-refractivity contribution in [1.82, 2.24) is 4.90 Å². The summed E-state index contributed by atoms with van der Waals surface area (Å²) in [5, 5.41) is 0. The fraction of sp³-hybridized carbons (Fsp3) is 0.800. The molecule has 0 saturated carbocycles. The zero-order chi connectivity index (χ0) is 7.94. The van der Waals surface area contributed by atoms with Gasteiger partial charge in [-0.15, -0.1) is 0 Å². The topological polar surface area (TPSA) is 3.24 Å². The maximum absolute atomic E-state index is 2.57. The normalized spacial score (nSPS) is 21.2. The molecule has 0 amide bonds. The van der Waals surface area contributed by atoms with E-state index in [-0.39, 0.29) is 0 Å². The van der Waals surface area contributed by atoms with Gasteiger partial charge in [0.15, 0.2) is 0 Å². The number of allylic oxidation sites excluding steroid dienone is 1. The molecule has 1 rings (SSSR count). The summed E-state index contributed by atoms with van der Waals surface area (Å²) in [6, 6.07) is 0. The molecule has 11 heavy (non-hydrogen) atoms. The van der Waals surface area contributed by atoms with Gasteiger partial charge in [-0.2, -0.15) is 0 Å². The van der Waals surface area contributed by atoms with Crippen molar-refractivity contribution in [3.05, 3.63) is 12.2 Å². The zero-order valence-corrected chi connectivity index (χ0v) is 7.55. The molecule has 0 aromatic rings. The third-order valence-corrected chi connectivity index (χ3v) is 2.30. The van der Waals surface area contributed by atoms with Gasteiger partial charge >= 0.3 is 0 Å². The van der Waals surface area contributed by atoms with Gasteiger partial charge < -0.3 is 4.90 Å². The molecule has 0 N–H and O–H groups in total. The van der Waals surface area contributed by atoms with Crippen LogP contribution < -0.4 is 0 Å². The third kappa shape index (κ3) is 3.57. The maximum Gasteiger partial charge on any atom is 0.00159 e. The second kappa shape index (κ2) is 5.36. The molecule has 1 heteroatoms. The van der Waals surface area contributed by atoms with Crippen molar-refractivity contribution in [2.75, 3.05) is 19.6 Å². The highest BCUT2D eigenvalue weighted by Crippen LogP contribution is 2.08. The van der Waals surface area contributed by atoms with E-state index >= 15 is 0 Å². The Labute approximate surface area is 70.1 Å². The highest BCUT2D eigenvalue weighted by atomic mass is 15.1. The van der Waals surface area contributed by atoms with Gasteiger partial charge in [0, 0.05) is 6.54 Å². The summed E-state index contributed by atoms with van der Waals surface area (Å²) in [6.07, 6.45) is 9.90. The Morgan fingerprint density at radius 1 is 1.18 bits per heavy atom. The average molecular weight is 153 g/mol. The second-order valence-corrected chi connectivity index (χ2v) is 3.26. The van der Waals surface area contributed by atoms with E-state index in [1.54, 1.807) is 0 Å². The minimum atomic E-state index is 1.23. The smallest absolute Gasteiger partial charge is 0.00159 e. The molecule has 1 nitrogen and oxygen atoms in total. The van der Waals surface area contributed by atoms with Crippen LogP contribution in [0, 0.1) is 0 Å². The predicted octanol–water partition coefficient (Wildman–Crippen LogP) is 2.44. The van der Waals surface area contributed by atoms with E-state index in [0.29, 0.717) is 0 Å². The first kappa shape index (κ1) is 8.79. The first-order valence-electron chi connectivity index (χ1n) is 4.77. The first-order valence-corrected chi connectivity index (χ1v) is 4.77. The molecule has 0 aromatic carbocycles. The zero-order valence-electron chi connectivity index (χ0n) is 7.55. The first-order chi connectivity index (χ1) is 5.43. The van der Waals surface area contributed by atoms with E-state index in [4.69, 9.17) is 0 Å². The summed E-state index contributed by atoms with van der Waals surface area (Å²) >= 11 is 0. The Balaban J connectivity index is 2.04. The van der Waals surface area contributed by atoms with Gasteiger partial charge in [0.1, 0.15) is 0 Å². The summed E-state index contributed by atoms with van der Waals surface area (Å²) in [7, 11) is 0. The Bertz CT molecular complexity index is 112. The number of likely N-dealkylation sites (tertiary alicyclic amines) is 1. The van der Waals surface area contributed by atoms with Gasteiger partial charge in [0.2, 0.25) is 0 Å². The lowest BCUT2D eigenvalue weighted by Crippen LogP contribution is -2.30.